The first kappa shape index (κ1) is 19.5. The lowest BCUT2D eigenvalue weighted by molar-refractivity contribution is 0.0996. The van der Waals surface area contributed by atoms with E-state index in [-0.39, 0.29) is 17.1 Å². The molecule has 0 heterocycles. The third-order valence-corrected chi connectivity index (χ3v) is 4.77. The van der Waals surface area contributed by atoms with Gasteiger partial charge >= 0.3 is 0 Å². The van der Waals surface area contributed by atoms with E-state index in [0.717, 1.165) is 0 Å². The van der Waals surface area contributed by atoms with Gasteiger partial charge in [-0.2, -0.15) is 0 Å². The lowest BCUT2D eigenvalue weighted by Crippen LogP contribution is -2.17. The summed E-state index contributed by atoms with van der Waals surface area (Å²) in [6.07, 6.45) is 0. The largest absolute Gasteiger partial charge is 0.322 e. The summed E-state index contributed by atoms with van der Waals surface area (Å²) in [5.74, 6) is -0.954. The fraction of sp³-hybridized carbons (Fsp3) is 0.0476. The van der Waals surface area contributed by atoms with Gasteiger partial charge in [-0.05, 0) is 23.8 Å². The number of carbonyl (C=O) groups excluding carboxylic acids is 2. The molecule has 0 aliphatic carbocycles. The molecule has 0 atom stereocenters. The van der Waals surface area contributed by atoms with Crippen LogP contribution in [-0.4, -0.2) is 20.1 Å². The SMILES string of the molecule is NS(=O)(=O)Cc1ccc(NC(=O)c2ccccc2C(=O)c2ccccc2)cc1. The monoisotopic (exact) mass is 394 g/mol. The Hall–Kier alpha value is -3.29. The van der Waals surface area contributed by atoms with Crippen LogP contribution in [0.15, 0.2) is 78.9 Å². The van der Waals surface area contributed by atoms with Gasteiger partial charge in [0.2, 0.25) is 10.0 Å². The topological polar surface area (TPSA) is 106 Å². The van der Waals surface area contributed by atoms with E-state index in [2.05, 4.69) is 5.32 Å². The second-order valence-electron chi connectivity index (χ2n) is 6.20. The minimum atomic E-state index is -3.62. The van der Waals surface area contributed by atoms with Crippen LogP contribution in [0.2, 0.25) is 0 Å². The molecule has 3 aromatic rings. The average Bonchev–Trinajstić information content (AvgIpc) is 2.68. The maximum absolute atomic E-state index is 12.8. The minimum absolute atomic E-state index is 0.241. The Morgan fingerprint density at radius 3 is 1.96 bits per heavy atom. The van der Waals surface area contributed by atoms with E-state index < -0.39 is 15.9 Å². The van der Waals surface area contributed by atoms with Gasteiger partial charge in [0.05, 0.1) is 11.3 Å². The number of hydrogen-bond donors (Lipinski definition) is 2. The first-order chi connectivity index (χ1) is 13.3. The highest BCUT2D eigenvalue weighted by molar-refractivity contribution is 7.88. The van der Waals surface area contributed by atoms with Gasteiger partial charge in [0.25, 0.3) is 5.91 Å². The van der Waals surface area contributed by atoms with Crippen molar-refractivity contribution in [1.29, 1.82) is 0 Å². The Morgan fingerprint density at radius 1 is 0.786 bits per heavy atom. The smallest absolute Gasteiger partial charge is 0.256 e. The van der Waals surface area contributed by atoms with Crippen molar-refractivity contribution < 1.29 is 18.0 Å². The van der Waals surface area contributed by atoms with Crippen molar-refractivity contribution in [3.8, 4) is 0 Å². The van der Waals surface area contributed by atoms with Gasteiger partial charge in [0.15, 0.2) is 5.78 Å². The van der Waals surface area contributed by atoms with Gasteiger partial charge in [-0.25, -0.2) is 13.6 Å². The van der Waals surface area contributed by atoms with E-state index in [1.54, 1.807) is 72.8 Å². The Kier molecular flexibility index (Phi) is 5.67. The fourth-order valence-electron chi connectivity index (χ4n) is 2.74. The molecule has 0 radical (unpaired) electrons. The van der Waals surface area contributed by atoms with Gasteiger partial charge in [0, 0.05) is 16.8 Å². The number of sulfonamides is 1. The molecule has 28 heavy (non-hydrogen) atoms. The summed E-state index contributed by atoms with van der Waals surface area (Å²) in [5, 5.41) is 7.75. The molecule has 1 amide bonds. The molecular formula is C21H18N2O4S. The van der Waals surface area contributed by atoms with Crippen LogP contribution in [0.1, 0.15) is 31.8 Å². The van der Waals surface area contributed by atoms with E-state index in [0.29, 0.717) is 22.4 Å². The predicted molar refractivity (Wildman–Crippen MR) is 108 cm³/mol. The molecule has 142 valence electrons. The van der Waals surface area contributed by atoms with Crippen LogP contribution in [0.3, 0.4) is 0 Å². The molecule has 0 aromatic heterocycles. The summed E-state index contributed by atoms with van der Waals surface area (Å²) in [6.45, 7) is 0. The number of anilines is 1. The normalized spacial score (nSPS) is 11.0. The van der Waals surface area contributed by atoms with Crippen molar-refractivity contribution in [2.24, 2.45) is 5.14 Å². The van der Waals surface area contributed by atoms with E-state index in [4.69, 9.17) is 5.14 Å². The first-order valence-corrected chi connectivity index (χ1v) is 10.1. The van der Waals surface area contributed by atoms with Crippen LogP contribution in [-0.2, 0) is 15.8 Å². The third-order valence-electron chi connectivity index (χ3n) is 4.03. The number of hydrogen-bond acceptors (Lipinski definition) is 4. The van der Waals surface area contributed by atoms with Crippen LogP contribution >= 0.6 is 0 Å². The fourth-order valence-corrected chi connectivity index (χ4v) is 3.40. The summed E-state index contributed by atoms with van der Waals surface area (Å²) in [7, 11) is -3.62. The average molecular weight is 394 g/mol. The maximum Gasteiger partial charge on any atom is 0.256 e. The number of benzene rings is 3. The summed E-state index contributed by atoms with van der Waals surface area (Å²) in [6, 6.07) is 21.6. The number of nitrogens with two attached hydrogens (primary N) is 1. The van der Waals surface area contributed by atoms with E-state index in [9.17, 15) is 18.0 Å². The Balaban J connectivity index is 1.81. The Bertz CT molecular complexity index is 1110. The Morgan fingerprint density at radius 2 is 1.36 bits per heavy atom. The standard InChI is InChI=1S/C21H18N2O4S/c22-28(26,27)14-15-10-12-17(13-11-15)23-21(25)19-9-5-4-8-18(19)20(24)16-6-2-1-3-7-16/h1-13H,14H2,(H,23,25)(H2,22,26,27). The van der Waals surface area contributed by atoms with Crippen LogP contribution < -0.4 is 10.5 Å². The van der Waals surface area contributed by atoms with Gasteiger partial charge in [-0.3, -0.25) is 9.59 Å². The molecular weight excluding hydrogens is 376 g/mol. The molecule has 7 heteroatoms. The van der Waals surface area contributed by atoms with Gasteiger partial charge in [0.1, 0.15) is 0 Å². The number of ketones is 1. The first-order valence-electron chi connectivity index (χ1n) is 8.43. The summed E-state index contributed by atoms with van der Waals surface area (Å²) in [4.78, 5) is 25.5. The highest BCUT2D eigenvalue weighted by Gasteiger charge is 2.18. The molecule has 3 aromatic carbocycles. The second-order valence-corrected chi connectivity index (χ2v) is 7.81. The molecule has 0 bridgehead atoms. The minimum Gasteiger partial charge on any atom is -0.322 e. The highest BCUT2D eigenvalue weighted by atomic mass is 32.2. The molecule has 3 N–H and O–H groups in total. The van der Waals surface area contributed by atoms with Crippen LogP contribution in [0, 0.1) is 0 Å². The van der Waals surface area contributed by atoms with Crippen LogP contribution in [0.5, 0.6) is 0 Å². The lowest BCUT2D eigenvalue weighted by Gasteiger charge is -2.10. The van der Waals surface area contributed by atoms with Crippen molar-refractivity contribution in [2.45, 2.75) is 5.75 Å². The molecule has 0 unspecified atom stereocenters. The van der Waals surface area contributed by atoms with E-state index >= 15 is 0 Å². The van der Waals surface area contributed by atoms with E-state index in [1.165, 1.54) is 0 Å². The zero-order valence-electron chi connectivity index (χ0n) is 14.8. The van der Waals surface area contributed by atoms with E-state index in [1.807, 2.05) is 6.07 Å². The van der Waals surface area contributed by atoms with Crippen LogP contribution in [0.25, 0.3) is 0 Å². The predicted octanol–water partition coefficient (Wildman–Crippen LogP) is 2.96. The molecule has 0 saturated carbocycles. The molecule has 3 rings (SSSR count). The number of amides is 1. The summed E-state index contributed by atoms with van der Waals surface area (Å²) < 4.78 is 22.3. The number of carbonyl (C=O) groups is 2. The van der Waals surface area contributed by atoms with Crippen molar-refractivity contribution in [3.05, 3.63) is 101 Å². The zero-order chi connectivity index (χ0) is 20.1. The van der Waals surface area contributed by atoms with Crippen molar-refractivity contribution in [1.82, 2.24) is 0 Å². The molecule has 6 nitrogen and oxygen atoms in total. The van der Waals surface area contributed by atoms with Crippen molar-refractivity contribution in [3.63, 3.8) is 0 Å². The summed E-state index contributed by atoms with van der Waals surface area (Å²) in [5.41, 5.74) is 2.04. The summed E-state index contributed by atoms with van der Waals surface area (Å²) >= 11 is 0. The molecule has 0 spiro atoms. The van der Waals surface area contributed by atoms with Crippen molar-refractivity contribution >= 4 is 27.4 Å². The van der Waals surface area contributed by atoms with Crippen LogP contribution in [0.4, 0.5) is 5.69 Å². The van der Waals surface area contributed by atoms with Gasteiger partial charge < -0.3 is 5.32 Å². The quantitative estimate of drug-likeness (QED) is 0.627. The number of primary sulfonamides is 1. The maximum atomic E-state index is 12.8. The van der Waals surface area contributed by atoms with Gasteiger partial charge in [-0.15, -0.1) is 0 Å². The second kappa shape index (κ2) is 8.16. The van der Waals surface area contributed by atoms with Gasteiger partial charge in [-0.1, -0.05) is 60.7 Å². The van der Waals surface area contributed by atoms with Crippen molar-refractivity contribution in [2.75, 3.05) is 5.32 Å². The number of rotatable bonds is 6. The Labute approximate surface area is 163 Å². The number of nitrogens with one attached hydrogen (secondary N) is 1. The molecule has 0 aliphatic heterocycles. The zero-order valence-corrected chi connectivity index (χ0v) is 15.6. The third kappa shape index (κ3) is 4.91. The molecule has 0 fully saturated rings. The highest BCUT2D eigenvalue weighted by Crippen LogP contribution is 2.18. The molecule has 0 aliphatic rings. The lowest BCUT2D eigenvalue weighted by atomic mass is 9.98. The molecule has 0 saturated heterocycles.